The van der Waals surface area contributed by atoms with Crippen molar-refractivity contribution in [3.8, 4) is 11.5 Å². The van der Waals surface area contributed by atoms with Gasteiger partial charge in [-0.15, -0.1) is 0 Å². The average molecular weight is 292 g/mol. The molecule has 0 unspecified atom stereocenters. The van der Waals surface area contributed by atoms with E-state index in [0.717, 1.165) is 0 Å². The fourth-order valence-electron chi connectivity index (χ4n) is 1.76. The Bertz CT molecular complexity index is 663. The van der Waals surface area contributed by atoms with E-state index in [-0.39, 0.29) is 17.0 Å². The second kappa shape index (κ2) is 5.34. The summed E-state index contributed by atoms with van der Waals surface area (Å²) in [5.41, 5.74) is 0.429. The number of ether oxygens (including phenoxy) is 2. The van der Waals surface area contributed by atoms with Crippen LogP contribution in [0.25, 0.3) is 0 Å². The van der Waals surface area contributed by atoms with Gasteiger partial charge in [0, 0.05) is 11.8 Å². The summed E-state index contributed by atoms with van der Waals surface area (Å²) in [5, 5.41) is 2.83. The van der Waals surface area contributed by atoms with Crippen molar-refractivity contribution in [1.29, 1.82) is 0 Å². The number of nitrogens with one attached hydrogen (secondary N) is 1. The molecule has 0 radical (unpaired) electrons. The van der Waals surface area contributed by atoms with Crippen LogP contribution in [0, 0.1) is 0 Å². The number of carbonyl (C=O) groups excluding carboxylic acids is 1. The Hall–Kier alpha value is -2.34. The molecule has 3 rings (SSSR count). The molecule has 0 saturated carbocycles. The molecule has 1 aliphatic heterocycles. The highest BCUT2D eigenvalue weighted by molar-refractivity contribution is 6.29. The highest BCUT2D eigenvalue weighted by Gasteiger charge is 2.15. The third kappa shape index (κ3) is 2.65. The number of benzene rings is 1. The Morgan fingerprint density at radius 1 is 1.20 bits per heavy atom. The van der Waals surface area contributed by atoms with Gasteiger partial charge in [-0.3, -0.25) is 10.1 Å². The molecule has 0 spiro atoms. The van der Waals surface area contributed by atoms with Crippen molar-refractivity contribution in [3.05, 3.63) is 41.2 Å². The second-order valence-electron chi connectivity index (χ2n) is 4.02. The molecule has 2 heterocycles. The van der Waals surface area contributed by atoms with Crippen molar-refractivity contribution in [2.45, 2.75) is 0 Å². The molecule has 6 nitrogen and oxygen atoms in total. The van der Waals surface area contributed by atoms with E-state index < -0.39 is 0 Å². The van der Waals surface area contributed by atoms with Crippen LogP contribution in [0.5, 0.6) is 11.5 Å². The van der Waals surface area contributed by atoms with Gasteiger partial charge in [0.2, 0.25) is 5.95 Å². The maximum atomic E-state index is 12.1. The third-order valence-corrected chi connectivity index (χ3v) is 2.86. The molecule has 0 aliphatic carbocycles. The Balaban J connectivity index is 1.80. The van der Waals surface area contributed by atoms with Crippen LogP contribution in [0.15, 0.2) is 30.5 Å². The number of anilines is 1. The topological polar surface area (TPSA) is 73.3 Å². The van der Waals surface area contributed by atoms with E-state index in [2.05, 4.69) is 15.3 Å². The van der Waals surface area contributed by atoms with E-state index >= 15 is 0 Å². The van der Waals surface area contributed by atoms with Crippen molar-refractivity contribution in [1.82, 2.24) is 9.97 Å². The van der Waals surface area contributed by atoms with Crippen LogP contribution in [0.1, 0.15) is 10.4 Å². The minimum atomic E-state index is -0.343. The first-order chi connectivity index (χ1) is 9.72. The zero-order valence-corrected chi connectivity index (χ0v) is 11.1. The van der Waals surface area contributed by atoms with Crippen molar-refractivity contribution < 1.29 is 14.3 Å². The van der Waals surface area contributed by atoms with Gasteiger partial charge >= 0.3 is 0 Å². The lowest BCUT2D eigenvalue weighted by Gasteiger charge is -2.18. The fourth-order valence-corrected chi connectivity index (χ4v) is 1.89. The molecule has 0 atom stereocenters. The number of hydrogen-bond donors (Lipinski definition) is 1. The first-order valence-corrected chi connectivity index (χ1v) is 6.30. The van der Waals surface area contributed by atoms with Gasteiger partial charge < -0.3 is 9.47 Å². The number of amides is 1. The van der Waals surface area contributed by atoms with Crippen LogP contribution in [-0.2, 0) is 0 Å². The van der Waals surface area contributed by atoms with Gasteiger partial charge in [0.25, 0.3) is 5.91 Å². The van der Waals surface area contributed by atoms with Crippen molar-refractivity contribution >= 4 is 23.5 Å². The summed E-state index contributed by atoms with van der Waals surface area (Å²) < 4.78 is 10.8. The van der Waals surface area contributed by atoms with E-state index in [4.69, 9.17) is 21.1 Å². The molecule has 1 N–H and O–H groups in total. The van der Waals surface area contributed by atoms with Gasteiger partial charge in [0.1, 0.15) is 18.4 Å². The Morgan fingerprint density at radius 2 is 2.00 bits per heavy atom. The van der Waals surface area contributed by atoms with Gasteiger partial charge in [0.15, 0.2) is 11.5 Å². The quantitative estimate of drug-likeness (QED) is 0.858. The number of carbonyl (C=O) groups is 1. The SMILES string of the molecule is O=C(Nc1nccc(Cl)n1)c1ccc2c(c1)OCCO2. The van der Waals surface area contributed by atoms with Crippen LogP contribution in [0.3, 0.4) is 0 Å². The van der Waals surface area contributed by atoms with Crippen LogP contribution in [0.2, 0.25) is 5.15 Å². The highest BCUT2D eigenvalue weighted by atomic mass is 35.5. The maximum absolute atomic E-state index is 12.1. The number of halogens is 1. The van der Waals surface area contributed by atoms with Crippen LogP contribution < -0.4 is 14.8 Å². The Morgan fingerprint density at radius 3 is 2.80 bits per heavy atom. The van der Waals surface area contributed by atoms with E-state index in [1.54, 1.807) is 18.2 Å². The van der Waals surface area contributed by atoms with E-state index in [1.165, 1.54) is 12.3 Å². The number of fused-ring (bicyclic) bond motifs is 1. The number of nitrogens with zero attached hydrogens (tertiary/aromatic N) is 2. The molecule has 1 amide bonds. The second-order valence-corrected chi connectivity index (χ2v) is 4.40. The zero-order chi connectivity index (χ0) is 13.9. The maximum Gasteiger partial charge on any atom is 0.258 e. The standard InChI is InChI=1S/C13H10ClN3O3/c14-11-3-4-15-13(16-11)17-12(18)8-1-2-9-10(7-8)20-6-5-19-9/h1-4,7H,5-6H2,(H,15,16,17,18). The zero-order valence-electron chi connectivity index (χ0n) is 10.3. The summed E-state index contributed by atoms with van der Waals surface area (Å²) in [5.74, 6) is 0.990. The Kier molecular flexibility index (Phi) is 3.39. The van der Waals surface area contributed by atoms with Crippen LogP contribution >= 0.6 is 11.6 Å². The predicted octanol–water partition coefficient (Wildman–Crippen LogP) is 2.15. The predicted molar refractivity (Wildman–Crippen MR) is 72.4 cm³/mol. The summed E-state index contributed by atoms with van der Waals surface area (Å²) in [6.45, 7) is 0.977. The lowest BCUT2D eigenvalue weighted by molar-refractivity contribution is 0.102. The molecule has 0 bridgehead atoms. The van der Waals surface area contributed by atoms with Gasteiger partial charge in [-0.1, -0.05) is 11.6 Å². The van der Waals surface area contributed by atoms with Gasteiger partial charge in [0.05, 0.1) is 0 Å². The summed E-state index contributed by atoms with van der Waals surface area (Å²) >= 11 is 5.73. The molecular formula is C13H10ClN3O3. The van der Waals surface area contributed by atoms with Crippen molar-refractivity contribution in [3.63, 3.8) is 0 Å². The van der Waals surface area contributed by atoms with Crippen molar-refractivity contribution in [2.24, 2.45) is 0 Å². The molecule has 2 aromatic rings. The van der Waals surface area contributed by atoms with Gasteiger partial charge in [-0.25, -0.2) is 9.97 Å². The molecule has 20 heavy (non-hydrogen) atoms. The van der Waals surface area contributed by atoms with Gasteiger partial charge in [-0.2, -0.15) is 0 Å². The number of rotatable bonds is 2. The minimum Gasteiger partial charge on any atom is -0.486 e. The summed E-state index contributed by atoms with van der Waals surface area (Å²) in [7, 11) is 0. The lowest BCUT2D eigenvalue weighted by atomic mass is 10.2. The molecule has 1 aliphatic rings. The summed E-state index contributed by atoms with van der Waals surface area (Å²) in [4.78, 5) is 19.9. The van der Waals surface area contributed by atoms with Crippen LogP contribution in [0.4, 0.5) is 5.95 Å². The lowest BCUT2D eigenvalue weighted by Crippen LogP contribution is -2.17. The number of hydrogen-bond acceptors (Lipinski definition) is 5. The third-order valence-electron chi connectivity index (χ3n) is 2.65. The molecule has 7 heteroatoms. The highest BCUT2D eigenvalue weighted by Crippen LogP contribution is 2.30. The smallest absolute Gasteiger partial charge is 0.258 e. The monoisotopic (exact) mass is 291 g/mol. The molecule has 1 aromatic heterocycles. The van der Waals surface area contributed by atoms with E-state index in [1.807, 2.05) is 0 Å². The largest absolute Gasteiger partial charge is 0.486 e. The van der Waals surface area contributed by atoms with E-state index in [9.17, 15) is 4.79 Å². The number of aromatic nitrogens is 2. The molecule has 102 valence electrons. The first kappa shape index (κ1) is 12.7. The van der Waals surface area contributed by atoms with Crippen molar-refractivity contribution in [2.75, 3.05) is 18.5 Å². The average Bonchev–Trinajstić information content (AvgIpc) is 2.47. The molecule has 0 saturated heterocycles. The normalized spacial score (nSPS) is 12.8. The van der Waals surface area contributed by atoms with E-state index in [0.29, 0.717) is 30.3 Å². The van der Waals surface area contributed by atoms with Gasteiger partial charge in [-0.05, 0) is 24.3 Å². The van der Waals surface area contributed by atoms with Crippen LogP contribution in [-0.4, -0.2) is 29.1 Å². The minimum absolute atomic E-state index is 0.150. The molecular weight excluding hydrogens is 282 g/mol. The Labute approximate surface area is 119 Å². The summed E-state index contributed by atoms with van der Waals surface area (Å²) in [6.07, 6.45) is 1.47. The first-order valence-electron chi connectivity index (χ1n) is 5.92. The fraction of sp³-hybridized carbons (Fsp3) is 0.154. The molecule has 1 aromatic carbocycles. The molecule has 0 fully saturated rings. The summed E-state index contributed by atoms with van der Waals surface area (Å²) in [6, 6.07) is 6.49.